The maximum absolute atomic E-state index is 10.2. The van der Waals surface area contributed by atoms with Gasteiger partial charge >= 0.3 is 0 Å². The van der Waals surface area contributed by atoms with E-state index in [0.29, 0.717) is 12.2 Å². The number of allylic oxidation sites excluding steroid dienone is 4. The van der Waals surface area contributed by atoms with Gasteiger partial charge in [0.25, 0.3) is 0 Å². The number of aliphatic hydroxyl groups is 1. The van der Waals surface area contributed by atoms with Crippen molar-refractivity contribution in [3.05, 3.63) is 114 Å². The molecule has 2 aromatic carbocycles. The van der Waals surface area contributed by atoms with Gasteiger partial charge in [-0.3, -0.25) is 0 Å². The lowest BCUT2D eigenvalue weighted by Gasteiger charge is -2.21. The number of nitrogens with one attached hydrogen (secondary N) is 1. The number of unbranched alkanes of at least 4 members (excludes halogenated alkanes) is 9. The first-order valence-corrected chi connectivity index (χ1v) is 17.1. The molecule has 0 aliphatic heterocycles. The SMILES string of the molecule is C=C(NC(Cc1ccc(-c2ncc(-c3ccc(OCCCCCCCCCCCC)cc3)cn2)cc1)C(=C)O)/C(C)=C/C=C(C)C. The van der Waals surface area contributed by atoms with E-state index in [2.05, 4.69) is 61.3 Å². The molecule has 0 radical (unpaired) electrons. The normalized spacial score (nSPS) is 12.0. The van der Waals surface area contributed by atoms with Gasteiger partial charge in [-0.2, -0.15) is 0 Å². The summed E-state index contributed by atoms with van der Waals surface area (Å²) >= 11 is 0. The van der Waals surface area contributed by atoms with Crippen LogP contribution >= 0.6 is 0 Å². The molecule has 1 unspecified atom stereocenters. The van der Waals surface area contributed by atoms with Crippen LogP contribution in [0.5, 0.6) is 5.75 Å². The van der Waals surface area contributed by atoms with Gasteiger partial charge in [0.1, 0.15) is 11.5 Å². The van der Waals surface area contributed by atoms with Crippen LogP contribution in [0.3, 0.4) is 0 Å². The lowest BCUT2D eigenvalue weighted by molar-refractivity contribution is 0.304. The van der Waals surface area contributed by atoms with Crippen LogP contribution < -0.4 is 10.1 Å². The predicted molar refractivity (Wildman–Crippen MR) is 195 cm³/mol. The van der Waals surface area contributed by atoms with Gasteiger partial charge < -0.3 is 15.2 Å². The number of hydrogen-bond acceptors (Lipinski definition) is 5. The Morgan fingerprint density at radius 1 is 0.761 bits per heavy atom. The Hall–Kier alpha value is -4.12. The Balaban J connectivity index is 1.45. The molecule has 3 aromatic rings. The van der Waals surface area contributed by atoms with Crippen molar-refractivity contribution in [3.8, 4) is 28.3 Å². The molecule has 0 aliphatic carbocycles. The summed E-state index contributed by atoms with van der Waals surface area (Å²) in [6.45, 7) is 17.0. The number of aromatic nitrogens is 2. The van der Waals surface area contributed by atoms with Gasteiger partial charge in [0, 0.05) is 29.2 Å². The van der Waals surface area contributed by atoms with Crippen molar-refractivity contribution in [1.82, 2.24) is 15.3 Å². The minimum Gasteiger partial charge on any atom is -0.511 e. The summed E-state index contributed by atoms with van der Waals surface area (Å²) in [5.41, 5.74) is 6.99. The van der Waals surface area contributed by atoms with Crippen LogP contribution in [0, 0.1) is 0 Å². The Bertz CT molecular complexity index is 1400. The summed E-state index contributed by atoms with van der Waals surface area (Å²) < 4.78 is 5.98. The van der Waals surface area contributed by atoms with Gasteiger partial charge in [-0.1, -0.05) is 132 Å². The van der Waals surface area contributed by atoms with Crippen molar-refractivity contribution in [2.24, 2.45) is 0 Å². The average molecular weight is 622 g/mol. The first-order chi connectivity index (χ1) is 22.3. The molecule has 5 heteroatoms. The highest BCUT2D eigenvalue weighted by Gasteiger charge is 2.14. The van der Waals surface area contributed by atoms with E-state index in [-0.39, 0.29) is 11.8 Å². The van der Waals surface area contributed by atoms with Crippen LogP contribution in [0.2, 0.25) is 0 Å². The van der Waals surface area contributed by atoms with Crippen LogP contribution in [0.1, 0.15) is 97.5 Å². The van der Waals surface area contributed by atoms with Crippen LogP contribution in [-0.2, 0) is 6.42 Å². The molecule has 2 N–H and O–H groups in total. The van der Waals surface area contributed by atoms with Gasteiger partial charge in [0.15, 0.2) is 5.82 Å². The van der Waals surface area contributed by atoms with E-state index >= 15 is 0 Å². The van der Waals surface area contributed by atoms with Crippen molar-refractivity contribution in [2.45, 2.75) is 104 Å². The third-order valence-corrected chi connectivity index (χ3v) is 8.15. The minimum absolute atomic E-state index is 0.0767. The molecule has 1 atom stereocenters. The minimum atomic E-state index is -0.347. The Kier molecular flexibility index (Phi) is 15.9. The smallest absolute Gasteiger partial charge is 0.159 e. The second-order valence-electron chi connectivity index (χ2n) is 12.5. The number of hydrogen-bond donors (Lipinski definition) is 2. The Labute approximate surface area is 278 Å². The second kappa shape index (κ2) is 20.1. The third-order valence-electron chi connectivity index (χ3n) is 8.15. The standard InChI is InChI=1S/C41H55N3O2/c1-7-8-9-10-11-12-13-14-15-16-27-46-39-25-23-36(24-26-39)38-29-42-41(43-30-38)37-21-19-35(20-22-37)28-40(34(6)45)44-33(5)32(4)18-17-31(2)3/h17-26,29-30,40,44-45H,5-16,27-28H2,1-4H3/b32-18+. The second-order valence-corrected chi connectivity index (χ2v) is 12.5. The van der Waals surface area contributed by atoms with Crippen molar-refractivity contribution in [1.29, 1.82) is 0 Å². The summed E-state index contributed by atoms with van der Waals surface area (Å²) in [5.74, 6) is 1.65. The van der Waals surface area contributed by atoms with Gasteiger partial charge in [-0.25, -0.2) is 9.97 Å². The van der Waals surface area contributed by atoms with Crippen LogP contribution in [0.4, 0.5) is 0 Å². The molecule has 0 spiro atoms. The van der Waals surface area contributed by atoms with Crippen molar-refractivity contribution in [2.75, 3.05) is 6.61 Å². The zero-order valence-corrected chi connectivity index (χ0v) is 28.7. The van der Waals surface area contributed by atoms with Crippen LogP contribution in [0.15, 0.2) is 109 Å². The number of aliphatic hydroxyl groups excluding tert-OH is 1. The Morgan fingerprint density at radius 3 is 1.89 bits per heavy atom. The number of rotatable bonds is 21. The molecule has 5 nitrogen and oxygen atoms in total. The predicted octanol–water partition coefficient (Wildman–Crippen LogP) is 11.1. The quantitative estimate of drug-likeness (QED) is 0.0703. The summed E-state index contributed by atoms with van der Waals surface area (Å²) in [4.78, 5) is 9.27. The van der Waals surface area contributed by atoms with E-state index in [9.17, 15) is 5.11 Å². The maximum Gasteiger partial charge on any atom is 0.159 e. The summed E-state index contributed by atoms with van der Waals surface area (Å²) in [7, 11) is 0. The van der Waals surface area contributed by atoms with E-state index in [1.165, 1.54) is 63.4 Å². The third kappa shape index (κ3) is 13.1. The topological polar surface area (TPSA) is 67.3 Å². The molecular formula is C41H55N3O2. The summed E-state index contributed by atoms with van der Waals surface area (Å²) in [6, 6.07) is 15.9. The molecule has 246 valence electrons. The van der Waals surface area contributed by atoms with E-state index in [1.54, 1.807) is 0 Å². The summed E-state index contributed by atoms with van der Waals surface area (Å²) in [5, 5.41) is 13.6. The zero-order valence-electron chi connectivity index (χ0n) is 28.7. The van der Waals surface area contributed by atoms with E-state index in [4.69, 9.17) is 4.74 Å². The molecule has 3 rings (SSSR count). The molecule has 46 heavy (non-hydrogen) atoms. The fraction of sp³-hybridized carbons (Fsp3) is 0.415. The van der Waals surface area contributed by atoms with Crippen molar-refractivity contribution < 1.29 is 9.84 Å². The lowest BCUT2D eigenvalue weighted by Crippen LogP contribution is -2.32. The molecule has 0 aliphatic rings. The highest BCUT2D eigenvalue weighted by Crippen LogP contribution is 2.24. The Morgan fingerprint density at radius 2 is 1.33 bits per heavy atom. The molecular weight excluding hydrogens is 566 g/mol. The highest BCUT2D eigenvalue weighted by molar-refractivity contribution is 5.64. The average Bonchev–Trinajstić information content (AvgIpc) is 3.06. The van der Waals surface area contributed by atoms with Gasteiger partial charge in [-0.15, -0.1) is 0 Å². The molecule has 0 amide bonds. The fourth-order valence-electron chi connectivity index (χ4n) is 5.14. The number of benzene rings is 2. The van der Waals surface area contributed by atoms with Crippen LogP contribution in [0.25, 0.3) is 22.5 Å². The van der Waals surface area contributed by atoms with Gasteiger partial charge in [-0.05, 0) is 62.4 Å². The highest BCUT2D eigenvalue weighted by atomic mass is 16.5. The molecule has 0 bridgehead atoms. The molecule has 0 saturated carbocycles. The van der Waals surface area contributed by atoms with Gasteiger partial charge in [0.2, 0.25) is 0 Å². The monoisotopic (exact) mass is 621 g/mol. The van der Waals surface area contributed by atoms with Gasteiger partial charge in [0.05, 0.1) is 12.6 Å². The fourth-order valence-corrected chi connectivity index (χ4v) is 5.14. The van der Waals surface area contributed by atoms with Crippen molar-refractivity contribution in [3.63, 3.8) is 0 Å². The zero-order chi connectivity index (χ0) is 33.1. The number of ether oxygens (including phenoxy) is 1. The van der Waals surface area contributed by atoms with E-state index in [0.717, 1.165) is 52.3 Å². The molecule has 0 fully saturated rings. The van der Waals surface area contributed by atoms with Crippen LogP contribution in [-0.4, -0.2) is 27.7 Å². The maximum atomic E-state index is 10.2. The summed E-state index contributed by atoms with van der Waals surface area (Å²) in [6.07, 6.45) is 21.6. The lowest BCUT2D eigenvalue weighted by atomic mass is 10.0. The van der Waals surface area contributed by atoms with Crippen molar-refractivity contribution >= 4 is 0 Å². The van der Waals surface area contributed by atoms with E-state index in [1.807, 2.05) is 67.9 Å². The number of nitrogens with zero attached hydrogens (tertiary/aromatic N) is 2. The molecule has 0 saturated heterocycles. The largest absolute Gasteiger partial charge is 0.511 e. The first kappa shape index (κ1) is 36.3. The molecule has 1 heterocycles. The molecule has 1 aromatic heterocycles. The first-order valence-electron chi connectivity index (χ1n) is 17.1. The van der Waals surface area contributed by atoms with E-state index < -0.39 is 0 Å².